The highest BCUT2D eigenvalue weighted by Crippen LogP contribution is 2.40. The Bertz CT molecular complexity index is 495. The standard InChI is InChI=1S/C15H19NO2S/c1-10(17)11-6-7-14-13(8-11)16(15(18)9-19-14)12-4-2-3-5-12/h6-8,10,12,17H,2-5,9H2,1H3. The van der Waals surface area contributed by atoms with E-state index in [1.54, 1.807) is 18.7 Å². The lowest BCUT2D eigenvalue weighted by molar-refractivity contribution is -0.116. The van der Waals surface area contributed by atoms with Crippen molar-refractivity contribution < 1.29 is 9.90 Å². The molecule has 0 radical (unpaired) electrons. The highest BCUT2D eigenvalue weighted by atomic mass is 32.2. The van der Waals surface area contributed by atoms with Crippen LogP contribution in [-0.2, 0) is 4.79 Å². The summed E-state index contributed by atoms with van der Waals surface area (Å²) < 4.78 is 0. The number of aliphatic hydroxyl groups excluding tert-OH is 1. The Kier molecular flexibility index (Phi) is 3.54. The van der Waals surface area contributed by atoms with E-state index in [4.69, 9.17) is 0 Å². The lowest BCUT2D eigenvalue weighted by atomic mass is 10.1. The number of anilines is 1. The summed E-state index contributed by atoms with van der Waals surface area (Å²) in [5.74, 6) is 0.754. The van der Waals surface area contributed by atoms with Crippen molar-refractivity contribution >= 4 is 23.4 Å². The average Bonchev–Trinajstić information content (AvgIpc) is 2.91. The van der Waals surface area contributed by atoms with Gasteiger partial charge in [-0.3, -0.25) is 4.79 Å². The summed E-state index contributed by atoms with van der Waals surface area (Å²) in [5, 5.41) is 9.73. The molecule has 102 valence electrons. The SMILES string of the molecule is CC(O)c1ccc2c(c1)N(C1CCCC1)C(=O)CS2. The number of benzene rings is 1. The third kappa shape index (κ3) is 2.39. The van der Waals surface area contributed by atoms with E-state index in [1.165, 1.54) is 12.8 Å². The van der Waals surface area contributed by atoms with Crippen LogP contribution in [0, 0.1) is 0 Å². The molecule has 19 heavy (non-hydrogen) atoms. The van der Waals surface area contributed by atoms with Gasteiger partial charge in [-0.05, 0) is 37.5 Å². The molecule has 0 aromatic heterocycles. The van der Waals surface area contributed by atoms with E-state index in [1.807, 2.05) is 23.1 Å². The van der Waals surface area contributed by atoms with Gasteiger partial charge in [-0.25, -0.2) is 0 Å². The van der Waals surface area contributed by atoms with Gasteiger partial charge in [-0.15, -0.1) is 11.8 Å². The molecule has 1 N–H and O–H groups in total. The Labute approximate surface area is 118 Å². The summed E-state index contributed by atoms with van der Waals surface area (Å²) >= 11 is 1.61. The number of hydrogen-bond donors (Lipinski definition) is 1. The van der Waals surface area contributed by atoms with E-state index in [0.717, 1.165) is 29.0 Å². The maximum absolute atomic E-state index is 12.3. The minimum atomic E-state index is -0.488. The number of thioether (sulfide) groups is 1. The van der Waals surface area contributed by atoms with E-state index < -0.39 is 6.10 Å². The molecule has 0 spiro atoms. The number of amides is 1. The quantitative estimate of drug-likeness (QED) is 0.903. The van der Waals surface area contributed by atoms with Crippen molar-refractivity contribution in [1.29, 1.82) is 0 Å². The van der Waals surface area contributed by atoms with Crippen molar-refractivity contribution in [2.45, 2.75) is 49.6 Å². The Morgan fingerprint density at radius 1 is 1.37 bits per heavy atom. The maximum Gasteiger partial charge on any atom is 0.237 e. The van der Waals surface area contributed by atoms with Crippen molar-refractivity contribution in [3.05, 3.63) is 23.8 Å². The number of carbonyl (C=O) groups is 1. The summed E-state index contributed by atoms with van der Waals surface area (Å²) in [4.78, 5) is 15.4. The molecule has 1 atom stereocenters. The highest BCUT2D eigenvalue weighted by molar-refractivity contribution is 8.00. The smallest absolute Gasteiger partial charge is 0.237 e. The van der Waals surface area contributed by atoms with Crippen LogP contribution in [0.3, 0.4) is 0 Å². The largest absolute Gasteiger partial charge is 0.389 e. The van der Waals surface area contributed by atoms with Crippen molar-refractivity contribution in [3.8, 4) is 0 Å². The molecule has 1 saturated carbocycles. The minimum absolute atomic E-state index is 0.215. The van der Waals surface area contributed by atoms with Gasteiger partial charge in [-0.1, -0.05) is 18.9 Å². The van der Waals surface area contributed by atoms with Crippen LogP contribution in [0.5, 0.6) is 0 Å². The van der Waals surface area contributed by atoms with Crippen molar-refractivity contribution in [2.24, 2.45) is 0 Å². The normalized spacial score (nSPS) is 21.6. The van der Waals surface area contributed by atoms with Gasteiger partial charge < -0.3 is 10.0 Å². The summed E-state index contributed by atoms with van der Waals surface area (Å²) in [5.41, 5.74) is 1.89. The van der Waals surface area contributed by atoms with Crippen LogP contribution in [-0.4, -0.2) is 22.8 Å². The second kappa shape index (κ2) is 5.17. The Morgan fingerprint density at radius 3 is 2.79 bits per heavy atom. The first-order valence-electron chi connectivity index (χ1n) is 6.93. The van der Waals surface area contributed by atoms with Crippen LogP contribution in [0.1, 0.15) is 44.3 Å². The van der Waals surface area contributed by atoms with Crippen LogP contribution in [0.2, 0.25) is 0 Å². The number of nitrogens with zero attached hydrogens (tertiary/aromatic N) is 1. The molecule has 1 aromatic rings. The Balaban J connectivity index is 2.01. The third-order valence-electron chi connectivity index (χ3n) is 4.03. The van der Waals surface area contributed by atoms with Crippen LogP contribution < -0.4 is 4.90 Å². The molecule has 0 bridgehead atoms. The zero-order valence-electron chi connectivity index (χ0n) is 11.1. The molecule has 1 aliphatic heterocycles. The van der Waals surface area contributed by atoms with Gasteiger partial charge in [0.25, 0.3) is 0 Å². The molecule has 1 unspecified atom stereocenters. The third-order valence-corrected chi connectivity index (χ3v) is 5.08. The zero-order valence-corrected chi connectivity index (χ0v) is 11.9. The second-order valence-corrected chi connectivity index (χ2v) is 6.41. The number of hydrogen-bond acceptors (Lipinski definition) is 3. The molecule has 1 aromatic carbocycles. The van der Waals surface area contributed by atoms with Gasteiger partial charge in [0.05, 0.1) is 17.5 Å². The van der Waals surface area contributed by atoms with Gasteiger partial charge in [0.15, 0.2) is 0 Å². The van der Waals surface area contributed by atoms with Gasteiger partial charge in [0.2, 0.25) is 5.91 Å². The summed E-state index contributed by atoms with van der Waals surface area (Å²) in [6.07, 6.45) is 4.15. The monoisotopic (exact) mass is 277 g/mol. The number of fused-ring (bicyclic) bond motifs is 1. The van der Waals surface area contributed by atoms with E-state index in [-0.39, 0.29) is 5.91 Å². The fourth-order valence-corrected chi connectivity index (χ4v) is 3.90. The van der Waals surface area contributed by atoms with Crippen molar-refractivity contribution in [1.82, 2.24) is 0 Å². The van der Waals surface area contributed by atoms with Gasteiger partial charge in [0.1, 0.15) is 0 Å². The number of rotatable bonds is 2. The fourth-order valence-electron chi connectivity index (χ4n) is 3.01. The second-order valence-electron chi connectivity index (χ2n) is 5.39. The lowest BCUT2D eigenvalue weighted by Crippen LogP contribution is -2.42. The Morgan fingerprint density at radius 2 is 2.11 bits per heavy atom. The van der Waals surface area contributed by atoms with E-state index in [9.17, 15) is 9.90 Å². The number of aliphatic hydroxyl groups is 1. The first-order valence-corrected chi connectivity index (χ1v) is 7.92. The summed E-state index contributed by atoms with van der Waals surface area (Å²) in [6, 6.07) is 6.34. The molecular formula is C15H19NO2S. The van der Waals surface area contributed by atoms with Crippen molar-refractivity contribution in [2.75, 3.05) is 10.7 Å². The molecule has 1 heterocycles. The molecule has 4 heteroatoms. The first kappa shape index (κ1) is 13.0. The van der Waals surface area contributed by atoms with E-state index in [2.05, 4.69) is 0 Å². The molecule has 2 aliphatic rings. The average molecular weight is 277 g/mol. The fraction of sp³-hybridized carbons (Fsp3) is 0.533. The van der Waals surface area contributed by atoms with E-state index in [0.29, 0.717) is 11.8 Å². The highest BCUT2D eigenvalue weighted by Gasteiger charge is 2.32. The molecule has 0 saturated heterocycles. The predicted octanol–water partition coefficient (Wildman–Crippen LogP) is 3.12. The van der Waals surface area contributed by atoms with Gasteiger partial charge in [-0.2, -0.15) is 0 Å². The minimum Gasteiger partial charge on any atom is -0.389 e. The van der Waals surface area contributed by atoms with Gasteiger partial charge >= 0.3 is 0 Å². The topological polar surface area (TPSA) is 40.5 Å². The Hall–Kier alpha value is -1.000. The van der Waals surface area contributed by atoms with Crippen LogP contribution in [0.4, 0.5) is 5.69 Å². The van der Waals surface area contributed by atoms with Crippen LogP contribution in [0.15, 0.2) is 23.1 Å². The molecule has 1 fully saturated rings. The van der Waals surface area contributed by atoms with E-state index >= 15 is 0 Å². The summed E-state index contributed by atoms with van der Waals surface area (Å²) in [6.45, 7) is 1.76. The first-order chi connectivity index (χ1) is 9.16. The van der Waals surface area contributed by atoms with Crippen LogP contribution >= 0.6 is 11.8 Å². The van der Waals surface area contributed by atoms with Crippen molar-refractivity contribution in [3.63, 3.8) is 0 Å². The molecule has 3 rings (SSSR count). The van der Waals surface area contributed by atoms with Crippen LogP contribution in [0.25, 0.3) is 0 Å². The molecule has 1 aliphatic carbocycles. The molecular weight excluding hydrogens is 258 g/mol. The predicted molar refractivity (Wildman–Crippen MR) is 77.5 cm³/mol. The maximum atomic E-state index is 12.3. The molecule has 1 amide bonds. The zero-order chi connectivity index (χ0) is 13.4. The lowest BCUT2D eigenvalue weighted by Gasteiger charge is -2.34. The molecule has 3 nitrogen and oxygen atoms in total. The number of carbonyl (C=O) groups excluding carboxylic acids is 1. The summed E-state index contributed by atoms with van der Waals surface area (Å²) in [7, 11) is 0. The van der Waals surface area contributed by atoms with Gasteiger partial charge in [0, 0.05) is 10.9 Å².